The lowest BCUT2D eigenvalue weighted by Crippen LogP contribution is -2.52. The van der Waals surface area contributed by atoms with Crippen LogP contribution in [0.25, 0.3) is 10.8 Å². The number of fused-ring (bicyclic) bond motifs is 1. The maximum absolute atomic E-state index is 13.9. The van der Waals surface area contributed by atoms with Gasteiger partial charge in [0.1, 0.15) is 12.6 Å². The zero-order valence-corrected chi connectivity index (χ0v) is 22.9. The molecule has 0 aliphatic heterocycles. The van der Waals surface area contributed by atoms with Crippen LogP contribution >= 0.6 is 0 Å². The molecule has 0 aliphatic rings. The van der Waals surface area contributed by atoms with Crippen molar-refractivity contribution in [1.29, 1.82) is 0 Å². The van der Waals surface area contributed by atoms with Gasteiger partial charge in [-0.1, -0.05) is 86.5 Å². The monoisotopic (exact) mass is 523 g/mol. The van der Waals surface area contributed by atoms with Gasteiger partial charge in [-0.2, -0.15) is 0 Å². The van der Waals surface area contributed by atoms with Crippen molar-refractivity contribution in [3.8, 4) is 0 Å². The summed E-state index contributed by atoms with van der Waals surface area (Å²) < 4.78 is 27.1. The van der Waals surface area contributed by atoms with E-state index in [9.17, 15) is 18.0 Å². The molecule has 0 bridgehead atoms. The van der Waals surface area contributed by atoms with E-state index in [1.807, 2.05) is 75.4 Å². The van der Waals surface area contributed by atoms with Crippen molar-refractivity contribution in [1.82, 2.24) is 10.2 Å². The number of benzene rings is 3. The van der Waals surface area contributed by atoms with Crippen LogP contribution in [0.4, 0.5) is 5.69 Å². The van der Waals surface area contributed by atoms with Gasteiger partial charge in [-0.25, -0.2) is 8.42 Å². The first-order valence-electron chi connectivity index (χ1n) is 12.7. The number of carbonyl (C=O) groups excluding carboxylic acids is 2. The van der Waals surface area contributed by atoms with E-state index in [4.69, 9.17) is 0 Å². The number of hydrogen-bond donors (Lipinski definition) is 1. The van der Waals surface area contributed by atoms with Crippen molar-refractivity contribution in [2.45, 2.75) is 52.6 Å². The lowest BCUT2D eigenvalue weighted by atomic mass is 10.1. The lowest BCUT2D eigenvalue weighted by molar-refractivity contribution is -0.140. The molecule has 7 nitrogen and oxygen atoms in total. The molecular weight excluding hydrogens is 486 g/mol. The molecular formula is C29H37N3O4S. The predicted molar refractivity (Wildman–Crippen MR) is 150 cm³/mol. The smallest absolute Gasteiger partial charge is 0.244 e. The van der Waals surface area contributed by atoms with Gasteiger partial charge in [0.05, 0.1) is 11.9 Å². The molecule has 2 amide bonds. The summed E-state index contributed by atoms with van der Waals surface area (Å²) in [6.07, 6.45) is 3.29. The molecule has 37 heavy (non-hydrogen) atoms. The molecule has 198 valence electrons. The van der Waals surface area contributed by atoms with Crippen LogP contribution in [0.1, 0.15) is 44.2 Å². The minimum absolute atomic E-state index is 0.202. The highest BCUT2D eigenvalue weighted by Gasteiger charge is 2.32. The van der Waals surface area contributed by atoms with Gasteiger partial charge in [-0.15, -0.1) is 0 Å². The predicted octanol–water partition coefficient (Wildman–Crippen LogP) is 4.64. The molecule has 8 heteroatoms. The number of aryl methyl sites for hydroxylation is 1. The van der Waals surface area contributed by atoms with Crippen molar-refractivity contribution in [2.75, 3.05) is 23.7 Å². The van der Waals surface area contributed by atoms with Crippen LogP contribution in [0.2, 0.25) is 0 Å². The SMILES string of the molecule is CCCCNC(=O)[C@H](CC)N(Cc1cccc(C)c1)C(=O)CN(c1cccc2ccccc12)S(C)(=O)=O. The summed E-state index contributed by atoms with van der Waals surface area (Å²) >= 11 is 0. The Bertz CT molecular complexity index is 1330. The molecule has 3 aromatic carbocycles. The average molecular weight is 524 g/mol. The summed E-state index contributed by atoms with van der Waals surface area (Å²) in [6.45, 7) is 6.20. The average Bonchev–Trinajstić information content (AvgIpc) is 2.86. The first kappa shape index (κ1) is 28.2. The molecule has 0 spiro atoms. The summed E-state index contributed by atoms with van der Waals surface area (Å²) in [7, 11) is -3.80. The Kier molecular flexibility index (Phi) is 9.69. The summed E-state index contributed by atoms with van der Waals surface area (Å²) in [6, 6.07) is 19.9. The van der Waals surface area contributed by atoms with E-state index < -0.39 is 28.5 Å². The van der Waals surface area contributed by atoms with Gasteiger partial charge in [0.15, 0.2) is 0 Å². The van der Waals surface area contributed by atoms with Crippen LogP contribution in [-0.2, 0) is 26.2 Å². The third kappa shape index (κ3) is 7.32. The number of rotatable bonds is 12. The number of anilines is 1. The Balaban J connectivity index is 1.99. The Morgan fingerprint density at radius 3 is 2.35 bits per heavy atom. The minimum atomic E-state index is -3.80. The van der Waals surface area contributed by atoms with Crippen molar-refractivity contribution < 1.29 is 18.0 Å². The number of nitrogens with zero attached hydrogens (tertiary/aromatic N) is 2. The van der Waals surface area contributed by atoms with Gasteiger partial charge in [0.2, 0.25) is 21.8 Å². The first-order valence-corrected chi connectivity index (χ1v) is 14.6. The number of carbonyl (C=O) groups is 2. The normalized spacial score (nSPS) is 12.2. The molecule has 1 N–H and O–H groups in total. The van der Waals surface area contributed by atoms with Crippen LogP contribution in [0.15, 0.2) is 66.7 Å². The fraction of sp³-hybridized carbons (Fsp3) is 0.379. The molecule has 3 rings (SSSR count). The summed E-state index contributed by atoms with van der Waals surface area (Å²) in [5, 5.41) is 4.55. The van der Waals surface area contributed by atoms with Gasteiger partial charge >= 0.3 is 0 Å². The second kappa shape index (κ2) is 12.7. The van der Waals surface area contributed by atoms with Crippen LogP contribution in [0.3, 0.4) is 0 Å². The highest BCUT2D eigenvalue weighted by atomic mass is 32.2. The largest absolute Gasteiger partial charge is 0.354 e. The quantitative estimate of drug-likeness (QED) is 0.351. The molecule has 0 saturated heterocycles. The Hall–Kier alpha value is -3.39. The molecule has 0 aromatic heterocycles. The Morgan fingerprint density at radius 2 is 1.68 bits per heavy atom. The zero-order chi connectivity index (χ0) is 27.0. The van der Waals surface area contributed by atoms with Crippen LogP contribution in [-0.4, -0.2) is 50.5 Å². The van der Waals surface area contributed by atoms with E-state index >= 15 is 0 Å². The number of amides is 2. The van der Waals surface area contributed by atoms with E-state index in [0.29, 0.717) is 18.7 Å². The highest BCUT2D eigenvalue weighted by molar-refractivity contribution is 7.92. The van der Waals surface area contributed by atoms with Crippen LogP contribution < -0.4 is 9.62 Å². The van der Waals surface area contributed by atoms with Gasteiger partial charge in [-0.3, -0.25) is 13.9 Å². The van der Waals surface area contributed by atoms with Crippen molar-refractivity contribution >= 4 is 38.3 Å². The number of unbranched alkanes of at least 4 members (excludes halogenated alkanes) is 1. The molecule has 1 atom stereocenters. The molecule has 0 aliphatic carbocycles. The third-order valence-electron chi connectivity index (χ3n) is 6.37. The van der Waals surface area contributed by atoms with E-state index in [0.717, 1.165) is 45.3 Å². The van der Waals surface area contributed by atoms with E-state index in [1.54, 1.807) is 12.1 Å². The molecule has 0 unspecified atom stereocenters. The summed E-state index contributed by atoms with van der Waals surface area (Å²) in [5.41, 5.74) is 2.35. The van der Waals surface area contributed by atoms with Crippen molar-refractivity contribution in [3.63, 3.8) is 0 Å². The molecule has 0 radical (unpaired) electrons. The van der Waals surface area contributed by atoms with Gasteiger partial charge in [0.25, 0.3) is 0 Å². The van der Waals surface area contributed by atoms with E-state index in [-0.39, 0.29) is 12.5 Å². The zero-order valence-electron chi connectivity index (χ0n) is 22.1. The van der Waals surface area contributed by atoms with Crippen molar-refractivity contribution in [2.24, 2.45) is 0 Å². The molecule has 0 fully saturated rings. The topological polar surface area (TPSA) is 86.8 Å². The van der Waals surface area contributed by atoms with E-state index in [1.165, 1.54) is 4.90 Å². The van der Waals surface area contributed by atoms with E-state index in [2.05, 4.69) is 5.32 Å². The highest BCUT2D eigenvalue weighted by Crippen LogP contribution is 2.29. The van der Waals surface area contributed by atoms with Crippen LogP contribution in [0, 0.1) is 6.92 Å². The fourth-order valence-corrected chi connectivity index (χ4v) is 5.31. The minimum Gasteiger partial charge on any atom is -0.354 e. The maximum atomic E-state index is 13.9. The third-order valence-corrected chi connectivity index (χ3v) is 7.49. The van der Waals surface area contributed by atoms with Gasteiger partial charge in [0, 0.05) is 18.5 Å². The van der Waals surface area contributed by atoms with Crippen LogP contribution in [0.5, 0.6) is 0 Å². The molecule has 0 heterocycles. The summed E-state index contributed by atoms with van der Waals surface area (Å²) in [5.74, 6) is -0.662. The first-order chi connectivity index (χ1) is 17.7. The summed E-state index contributed by atoms with van der Waals surface area (Å²) in [4.78, 5) is 28.5. The lowest BCUT2D eigenvalue weighted by Gasteiger charge is -2.33. The maximum Gasteiger partial charge on any atom is 0.244 e. The number of nitrogens with one attached hydrogen (secondary N) is 1. The second-order valence-corrected chi connectivity index (χ2v) is 11.3. The number of hydrogen-bond acceptors (Lipinski definition) is 4. The van der Waals surface area contributed by atoms with Gasteiger partial charge < -0.3 is 10.2 Å². The molecule has 3 aromatic rings. The number of sulfonamides is 1. The Labute approximate surface area is 220 Å². The van der Waals surface area contributed by atoms with Gasteiger partial charge in [-0.05, 0) is 36.8 Å². The Morgan fingerprint density at radius 1 is 0.973 bits per heavy atom. The fourth-order valence-electron chi connectivity index (χ4n) is 4.45. The van der Waals surface area contributed by atoms with Crippen molar-refractivity contribution in [3.05, 3.63) is 77.9 Å². The standard InChI is InChI=1S/C29H37N3O4S/c1-5-7-18-30-29(34)26(6-2)31(20-23-13-10-12-22(3)19-23)28(33)21-32(37(4,35)36)27-17-11-15-24-14-8-9-16-25(24)27/h8-17,19,26H,5-7,18,20-21H2,1-4H3,(H,30,34)/t26-/m0/s1. The molecule has 0 saturated carbocycles. The second-order valence-electron chi connectivity index (χ2n) is 9.35.